The van der Waals surface area contributed by atoms with Gasteiger partial charge in [-0.05, 0) is 38.3 Å². The molecule has 4 rings (SSSR count). The van der Waals surface area contributed by atoms with Gasteiger partial charge in [0, 0.05) is 52.4 Å². The molecule has 1 aromatic carbocycles. The topological polar surface area (TPSA) is 63.6 Å². The second-order valence-electron chi connectivity index (χ2n) is 9.00. The Morgan fingerprint density at radius 3 is 2.69 bits per heavy atom. The number of aliphatic hydroxyl groups excluding tert-OH is 1. The fourth-order valence-corrected chi connectivity index (χ4v) is 4.99. The van der Waals surface area contributed by atoms with Crippen LogP contribution in [0.4, 0.5) is 0 Å². The van der Waals surface area contributed by atoms with Crippen molar-refractivity contribution in [1.29, 1.82) is 0 Å². The molecule has 3 aliphatic heterocycles. The zero-order chi connectivity index (χ0) is 21.5. The molecule has 8 heteroatoms. The maximum Gasteiger partial charge on any atom is 0.194 e. The van der Waals surface area contributed by atoms with Crippen molar-refractivity contribution in [3.05, 3.63) is 35.9 Å². The lowest BCUT2D eigenvalue weighted by molar-refractivity contribution is -0.0502. The number of benzene rings is 1. The maximum absolute atomic E-state index is 9.66. The second-order valence-corrected chi connectivity index (χ2v) is 9.00. The van der Waals surface area contributed by atoms with Crippen LogP contribution in [-0.4, -0.2) is 103 Å². The molecule has 0 radical (unpaired) electrons. The number of nitrogens with zero attached hydrogens (tertiary/aromatic N) is 4. The monoisotopic (exact) mass is 557 g/mol. The average Bonchev–Trinajstić information content (AvgIpc) is 3.23. The van der Waals surface area contributed by atoms with Crippen LogP contribution < -0.4 is 5.32 Å². The van der Waals surface area contributed by atoms with Gasteiger partial charge in [0.2, 0.25) is 0 Å². The molecule has 0 saturated carbocycles. The standard InChI is InChI=1S/C24H39N5O2.HI/c1-2-25-24(26-11-6-12-27-13-9-21(30)10-14-27)29-18-22-23(19-29)31-16-15-28(22)17-20-7-4-3-5-8-20;/h3-5,7-8,21-23,30H,2,6,9-19H2,1H3,(H,25,26);1H. The third-order valence-electron chi connectivity index (χ3n) is 6.73. The van der Waals surface area contributed by atoms with E-state index in [1.54, 1.807) is 0 Å². The van der Waals surface area contributed by atoms with Crippen molar-refractivity contribution in [2.24, 2.45) is 4.99 Å². The number of halogens is 1. The van der Waals surface area contributed by atoms with Gasteiger partial charge in [-0.3, -0.25) is 9.89 Å². The number of ether oxygens (including phenoxy) is 1. The number of likely N-dealkylation sites (tertiary alicyclic amines) is 2. The van der Waals surface area contributed by atoms with Gasteiger partial charge < -0.3 is 25.0 Å². The molecular formula is C24H40IN5O2. The van der Waals surface area contributed by atoms with E-state index in [0.717, 1.165) is 90.7 Å². The van der Waals surface area contributed by atoms with Crippen LogP contribution in [0.15, 0.2) is 35.3 Å². The summed E-state index contributed by atoms with van der Waals surface area (Å²) in [5.41, 5.74) is 1.37. The van der Waals surface area contributed by atoms with Gasteiger partial charge in [0.1, 0.15) is 0 Å². The molecule has 3 aliphatic rings. The van der Waals surface area contributed by atoms with Gasteiger partial charge in [0.05, 0.1) is 24.9 Å². The Morgan fingerprint density at radius 2 is 1.94 bits per heavy atom. The quantitative estimate of drug-likeness (QED) is 0.232. The molecule has 0 aliphatic carbocycles. The Hall–Kier alpha value is -0.940. The van der Waals surface area contributed by atoms with Gasteiger partial charge in [0.25, 0.3) is 0 Å². The lowest BCUT2D eigenvalue weighted by atomic mass is 10.1. The molecule has 2 atom stereocenters. The van der Waals surface area contributed by atoms with E-state index in [9.17, 15) is 5.11 Å². The summed E-state index contributed by atoms with van der Waals surface area (Å²) >= 11 is 0. The summed E-state index contributed by atoms with van der Waals surface area (Å²) in [6.45, 7) is 11.6. The Labute approximate surface area is 210 Å². The number of fused-ring (bicyclic) bond motifs is 1. The summed E-state index contributed by atoms with van der Waals surface area (Å²) in [6.07, 6.45) is 3.02. The molecule has 32 heavy (non-hydrogen) atoms. The normalized spacial score (nSPS) is 25.4. The Kier molecular flexibility index (Phi) is 10.5. The van der Waals surface area contributed by atoms with Crippen LogP contribution in [-0.2, 0) is 11.3 Å². The minimum Gasteiger partial charge on any atom is -0.393 e. The van der Waals surface area contributed by atoms with Gasteiger partial charge in [-0.2, -0.15) is 0 Å². The first-order valence-corrected chi connectivity index (χ1v) is 12.1. The van der Waals surface area contributed by atoms with E-state index in [1.165, 1.54) is 5.56 Å². The average molecular weight is 558 g/mol. The van der Waals surface area contributed by atoms with Crippen molar-refractivity contribution in [3.8, 4) is 0 Å². The lowest BCUT2D eigenvalue weighted by Crippen LogP contribution is -2.50. The zero-order valence-corrected chi connectivity index (χ0v) is 21.7. The number of aliphatic imine (C=N–C) groups is 1. The molecule has 0 aromatic heterocycles. The third kappa shape index (κ3) is 7.03. The second kappa shape index (κ2) is 13.1. The number of aliphatic hydroxyl groups is 1. The van der Waals surface area contributed by atoms with E-state index in [1.807, 2.05) is 0 Å². The molecule has 0 amide bonds. The van der Waals surface area contributed by atoms with E-state index >= 15 is 0 Å². The number of hydrogen-bond acceptors (Lipinski definition) is 5. The van der Waals surface area contributed by atoms with Crippen LogP contribution in [0, 0.1) is 0 Å². The predicted molar refractivity (Wildman–Crippen MR) is 140 cm³/mol. The summed E-state index contributed by atoms with van der Waals surface area (Å²) in [4.78, 5) is 12.4. The van der Waals surface area contributed by atoms with Crippen molar-refractivity contribution < 1.29 is 9.84 Å². The highest BCUT2D eigenvalue weighted by molar-refractivity contribution is 14.0. The number of rotatable bonds is 7. The van der Waals surface area contributed by atoms with Gasteiger partial charge in [-0.1, -0.05) is 30.3 Å². The van der Waals surface area contributed by atoms with Crippen molar-refractivity contribution in [2.45, 2.75) is 51.0 Å². The summed E-state index contributed by atoms with van der Waals surface area (Å²) < 4.78 is 6.15. The summed E-state index contributed by atoms with van der Waals surface area (Å²) in [7, 11) is 0. The SMILES string of the molecule is CCNC(=NCCCN1CCC(O)CC1)N1CC2OCCN(Cc3ccccc3)C2C1.I. The summed E-state index contributed by atoms with van der Waals surface area (Å²) in [5, 5.41) is 13.2. The van der Waals surface area contributed by atoms with E-state index in [0.29, 0.717) is 6.04 Å². The van der Waals surface area contributed by atoms with Crippen LogP contribution in [0.1, 0.15) is 31.7 Å². The minimum atomic E-state index is -0.1000. The number of nitrogens with one attached hydrogen (secondary N) is 1. The minimum absolute atomic E-state index is 0. The van der Waals surface area contributed by atoms with Gasteiger partial charge in [-0.15, -0.1) is 24.0 Å². The molecule has 0 bridgehead atoms. The number of hydrogen-bond donors (Lipinski definition) is 2. The summed E-state index contributed by atoms with van der Waals surface area (Å²) in [6, 6.07) is 11.2. The largest absolute Gasteiger partial charge is 0.393 e. The Balaban J connectivity index is 0.00000289. The molecule has 0 spiro atoms. The van der Waals surface area contributed by atoms with Gasteiger partial charge in [0.15, 0.2) is 5.96 Å². The highest BCUT2D eigenvalue weighted by Crippen LogP contribution is 2.24. The first kappa shape index (κ1) is 25.7. The van der Waals surface area contributed by atoms with Crippen molar-refractivity contribution in [2.75, 3.05) is 59.0 Å². The highest BCUT2D eigenvalue weighted by Gasteiger charge is 2.41. The number of piperidine rings is 1. The van der Waals surface area contributed by atoms with Crippen molar-refractivity contribution in [3.63, 3.8) is 0 Å². The first-order valence-electron chi connectivity index (χ1n) is 12.1. The van der Waals surface area contributed by atoms with Crippen molar-refractivity contribution in [1.82, 2.24) is 20.0 Å². The van der Waals surface area contributed by atoms with Crippen LogP contribution in [0.3, 0.4) is 0 Å². The smallest absolute Gasteiger partial charge is 0.194 e. The molecule has 1 aromatic rings. The molecule has 2 N–H and O–H groups in total. The fraction of sp³-hybridized carbons (Fsp3) is 0.708. The zero-order valence-electron chi connectivity index (χ0n) is 19.4. The lowest BCUT2D eigenvalue weighted by Gasteiger charge is -2.36. The molecule has 3 fully saturated rings. The van der Waals surface area contributed by atoms with E-state index in [2.05, 4.69) is 57.3 Å². The fourth-order valence-electron chi connectivity index (χ4n) is 4.99. The highest BCUT2D eigenvalue weighted by atomic mass is 127. The maximum atomic E-state index is 9.66. The molecule has 2 unspecified atom stereocenters. The number of guanidine groups is 1. The Bertz CT molecular complexity index is 699. The predicted octanol–water partition coefficient (Wildman–Crippen LogP) is 2.00. The van der Waals surface area contributed by atoms with Crippen LogP contribution in [0.2, 0.25) is 0 Å². The van der Waals surface area contributed by atoms with E-state index in [4.69, 9.17) is 9.73 Å². The van der Waals surface area contributed by atoms with Crippen LogP contribution in [0.5, 0.6) is 0 Å². The molecule has 3 saturated heterocycles. The summed E-state index contributed by atoms with van der Waals surface area (Å²) in [5.74, 6) is 1.02. The molecular weight excluding hydrogens is 517 g/mol. The van der Waals surface area contributed by atoms with Crippen LogP contribution in [0.25, 0.3) is 0 Å². The van der Waals surface area contributed by atoms with Gasteiger partial charge >= 0.3 is 0 Å². The van der Waals surface area contributed by atoms with Gasteiger partial charge in [-0.25, -0.2) is 0 Å². The first-order chi connectivity index (χ1) is 15.2. The van der Waals surface area contributed by atoms with Crippen molar-refractivity contribution >= 4 is 29.9 Å². The number of morpholine rings is 1. The van der Waals surface area contributed by atoms with E-state index in [-0.39, 0.29) is 36.2 Å². The van der Waals surface area contributed by atoms with E-state index < -0.39 is 0 Å². The molecule has 7 nitrogen and oxygen atoms in total. The molecule has 3 heterocycles. The third-order valence-corrected chi connectivity index (χ3v) is 6.73. The molecule has 180 valence electrons. The Morgan fingerprint density at radius 1 is 1.16 bits per heavy atom. The van der Waals surface area contributed by atoms with Crippen LogP contribution >= 0.6 is 24.0 Å².